The van der Waals surface area contributed by atoms with Gasteiger partial charge in [0.1, 0.15) is 12.2 Å². The molecule has 0 aliphatic carbocycles. The average Bonchev–Trinajstić information content (AvgIpc) is 3.61. The largest absolute Gasteiger partial charge is 0.371 e. The van der Waals surface area contributed by atoms with Crippen LogP contribution in [0.1, 0.15) is 188 Å². The predicted octanol–water partition coefficient (Wildman–Crippen LogP) is 12.9. The van der Waals surface area contributed by atoms with Crippen LogP contribution in [0.2, 0.25) is 0 Å². The lowest BCUT2D eigenvalue weighted by Crippen LogP contribution is -2.38. The molecule has 0 aromatic rings. The fourth-order valence-corrected chi connectivity index (χ4v) is 7.38. The summed E-state index contributed by atoms with van der Waals surface area (Å²) in [6, 6.07) is 0. The van der Waals surface area contributed by atoms with Crippen LogP contribution in [0.15, 0.2) is 36.5 Å². The highest BCUT2D eigenvalue weighted by molar-refractivity contribution is 4.96. The highest BCUT2D eigenvalue weighted by atomic mass is 16.8. The molecule has 5 atom stereocenters. The lowest BCUT2D eigenvalue weighted by molar-refractivity contribution is -0.209. The second-order valence-corrected chi connectivity index (χ2v) is 15.6. The van der Waals surface area contributed by atoms with E-state index in [0.29, 0.717) is 6.61 Å². The SMILES string of the molecule is CCCCC/C=C\C/C=C\CCCCCCCCC1(CCCCCCCC/C=C\CC(C)CCCCC)OC2COC(CN(C)C)C2O1. The summed E-state index contributed by atoms with van der Waals surface area (Å²) < 4.78 is 19.7. The smallest absolute Gasteiger partial charge is 0.169 e. The molecular weight excluding hydrogens is 590 g/mol. The minimum Gasteiger partial charge on any atom is -0.371 e. The maximum Gasteiger partial charge on any atom is 0.169 e. The number of rotatable bonds is 32. The van der Waals surface area contributed by atoms with Crippen molar-refractivity contribution in [1.29, 1.82) is 0 Å². The molecule has 2 saturated heterocycles. The van der Waals surface area contributed by atoms with E-state index in [9.17, 15) is 0 Å². The molecule has 4 nitrogen and oxygen atoms in total. The Bertz CT molecular complexity index is 822. The molecule has 2 aliphatic heterocycles. The summed E-state index contributed by atoms with van der Waals surface area (Å²) in [7, 11) is 4.24. The molecule has 0 N–H and O–H groups in total. The van der Waals surface area contributed by atoms with Crippen molar-refractivity contribution in [3.63, 3.8) is 0 Å². The number of fused-ring (bicyclic) bond motifs is 1. The van der Waals surface area contributed by atoms with Crippen molar-refractivity contribution in [2.45, 2.75) is 212 Å². The Balaban J connectivity index is 1.60. The van der Waals surface area contributed by atoms with Gasteiger partial charge >= 0.3 is 0 Å². The van der Waals surface area contributed by atoms with Crippen LogP contribution in [-0.4, -0.2) is 56.2 Å². The van der Waals surface area contributed by atoms with Gasteiger partial charge in [0.2, 0.25) is 0 Å². The van der Waals surface area contributed by atoms with E-state index in [2.05, 4.69) is 76.2 Å². The molecule has 2 fully saturated rings. The van der Waals surface area contributed by atoms with Gasteiger partial charge in [0.25, 0.3) is 0 Å². The third-order valence-corrected chi connectivity index (χ3v) is 10.4. The third-order valence-electron chi connectivity index (χ3n) is 10.4. The number of nitrogens with zero attached hydrogens (tertiary/aromatic N) is 1. The number of allylic oxidation sites excluding steroid dienone is 6. The van der Waals surface area contributed by atoms with Crippen LogP contribution in [0, 0.1) is 5.92 Å². The van der Waals surface area contributed by atoms with Crippen LogP contribution < -0.4 is 0 Å². The normalized spacial score (nSPS) is 23.5. The van der Waals surface area contributed by atoms with E-state index in [1.165, 1.54) is 148 Å². The molecular formula is C44H81NO3. The third kappa shape index (κ3) is 20.7. The average molecular weight is 672 g/mol. The fraction of sp³-hybridized carbons (Fsp3) is 0.864. The van der Waals surface area contributed by atoms with Gasteiger partial charge < -0.3 is 19.1 Å². The monoisotopic (exact) mass is 672 g/mol. The van der Waals surface area contributed by atoms with Crippen LogP contribution in [0.3, 0.4) is 0 Å². The number of likely N-dealkylation sites (N-methyl/N-ethyl adjacent to an activating group) is 1. The maximum atomic E-state index is 6.84. The summed E-state index contributed by atoms with van der Waals surface area (Å²) in [5.74, 6) is 0.451. The Hall–Kier alpha value is -0.940. The van der Waals surface area contributed by atoms with Crippen molar-refractivity contribution in [1.82, 2.24) is 4.90 Å². The summed E-state index contributed by atoms with van der Waals surface area (Å²) in [4.78, 5) is 2.21. The van der Waals surface area contributed by atoms with Crippen LogP contribution in [0.5, 0.6) is 0 Å². The standard InChI is InChI=1S/C44H81NO3/c1-6-8-10-11-12-13-14-15-16-17-18-19-22-25-28-32-36-44(47-42-39-46-41(38-45(4)5)43(42)48-44)37-33-29-26-23-20-21-24-27-31-35-40(3)34-30-9-7-2/h12-13,15-16,27,31,40-43H,6-11,14,17-26,28-30,32-39H2,1-5H3/b13-12-,16-15-,31-27-. The molecule has 280 valence electrons. The van der Waals surface area contributed by atoms with E-state index in [0.717, 1.165) is 31.7 Å². The highest BCUT2D eigenvalue weighted by Crippen LogP contribution is 2.42. The highest BCUT2D eigenvalue weighted by Gasteiger charge is 2.53. The molecule has 48 heavy (non-hydrogen) atoms. The van der Waals surface area contributed by atoms with Crippen LogP contribution in [0.4, 0.5) is 0 Å². The lowest BCUT2D eigenvalue weighted by Gasteiger charge is -2.31. The summed E-state index contributed by atoms with van der Waals surface area (Å²) in [5.41, 5.74) is 0. The Labute approximate surface area is 299 Å². The topological polar surface area (TPSA) is 30.9 Å². The van der Waals surface area contributed by atoms with E-state index < -0.39 is 5.79 Å². The van der Waals surface area contributed by atoms with Crippen molar-refractivity contribution >= 4 is 0 Å². The first-order valence-electron chi connectivity index (χ1n) is 21.1. The summed E-state index contributed by atoms with van der Waals surface area (Å²) in [5, 5.41) is 0. The van der Waals surface area contributed by atoms with Gasteiger partial charge in [0.15, 0.2) is 5.79 Å². The van der Waals surface area contributed by atoms with Crippen molar-refractivity contribution in [2.24, 2.45) is 5.92 Å². The number of unbranched alkanes of at least 4 members (excludes halogenated alkanes) is 17. The van der Waals surface area contributed by atoms with Crippen LogP contribution in [0.25, 0.3) is 0 Å². The van der Waals surface area contributed by atoms with Gasteiger partial charge in [0.05, 0.1) is 12.7 Å². The van der Waals surface area contributed by atoms with Gasteiger partial charge in [-0.15, -0.1) is 0 Å². The van der Waals surface area contributed by atoms with Crippen LogP contribution >= 0.6 is 0 Å². The Kier molecular flexibility index (Phi) is 25.9. The van der Waals surface area contributed by atoms with Gasteiger partial charge in [0, 0.05) is 19.4 Å². The van der Waals surface area contributed by atoms with Gasteiger partial charge in [-0.2, -0.15) is 0 Å². The quantitative estimate of drug-likeness (QED) is 0.0526. The first kappa shape index (κ1) is 43.2. The molecule has 0 aromatic carbocycles. The van der Waals surface area contributed by atoms with Gasteiger partial charge in [-0.05, 0) is 84.2 Å². The minimum atomic E-state index is -0.391. The fourth-order valence-electron chi connectivity index (χ4n) is 7.38. The molecule has 2 aliphatic rings. The van der Waals surface area contributed by atoms with Gasteiger partial charge in [-0.3, -0.25) is 0 Å². The zero-order valence-corrected chi connectivity index (χ0v) is 32.7. The minimum absolute atomic E-state index is 0.0874. The van der Waals surface area contributed by atoms with Crippen molar-refractivity contribution < 1.29 is 14.2 Å². The van der Waals surface area contributed by atoms with Crippen LogP contribution in [-0.2, 0) is 14.2 Å². The summed E-state index contributed by atoms with van der Waals surface area (Å²) in [6.07, 6.45) is 47.9. The molecule has 2 rings (SSSR count). The second-order valence-electron chi connectivity index (χ2n) is 15.6. The number of ether oxygens (including phenoxy) is 3. The van der Waals surface area contributed by atoms with E-state index in [-0.39, 0.29) is 18.3 Å². The molecule has 5 unspecified atom stereocenters. The van der Waals surface area contributed by atoms with E-state index >= 15 is 0 Å². The summed E-state index contributed by atoms with van der Waals surface area (Å²) >= 11 is 0. The van der Waals surface area contributed by atoms with Crippen molar-refractivity contribution in [2.75, 3.05) is 27.2 Å². The van der Waals surface area contributed by atoms with E-state index in [1.807, 2.05) is 0 Å². The molecule has 4 heteroatoms. The molecule has 0 bridgehead atoms. The zero-order valence-electron chi connectivity index (χ0n) is 32.7. The zero-order chi connectivity index (χ0) is 34.5. The molecule has 0 spiro atoms. The Morgan fingerprint density at radius 3 is 1.73 bits per heavy atom. The molecule has 0 radical (unpaired) electrons. The summed E-state index contributed by atoms with van der Waals surface area (Å²) in [6.45, 7) is 8.55. The first-order chi connectivity index (χ1) is 23.5. The Morgan fingerprint density at radius 1 is 0.625 bits per heavy atom. The predicted molar refractivity (Wildman–Crippen MR) is 209 cm³/mol. The molecule has 0 amide bonds. The number of hydrogen-bond acceptors (Lipinski definition) is 4. The molecule has 0 aromatic heterocycles. The van der Waals surface area contributed by atoms with E-state index in [1.54, 1.807) is 0 Å². The molecule has 0 saturated carbocycles. The molecule has 2 heterocycles. The van der Waals surface area contributed by atoms with E-state index in [4.69, 9.17) is 14.2 Å². The second kappa shape index (κ2) is 28.7. The number of hydrogen-bond donors (Lipinski definition) is 0. The van der Waals surface area contributed by atoms with Crippen molar-refractivity contribution in [3.8, 4) is 0 Å². The lowest BCUT2D eigenvalue weighted by atomic mass is 9.98. The van der Waals surface area contributed by atoms with Gasteiger partial charge in [-0.25, -0.2) is 0 Å². The van der Waals surface area contributed by atoms with Crippen molar-refractivity contribution in [3.05, 3.63) is 36.5 Å². The Morgan fingerprint density at radius 2 is 1.15 bits per heavy atom. The maximum absolute atomic E-state index is 6.84. The van der Waals surface area contributed by atoms with Gasteiger partial charge in [-0.1, -0.05) is 147 Å². The first-order valence-corrected chi connectivity index (χ1v) is 21.1.